The van der Waals surface area contributed by atoms with Crippen LogP contribution in [0.25, 0.3) is 11.3 Å². The summed E-state index contributed by atoms with van der Waals surface area (Å²) in [4.78, 5) is 20.7. The third-order valence-electron chi connectivity index (χ3n) is 4.80. The first-order chi connectivity index (χ1) is 12.9. The zero-order valence-electron chi connectivity index (χ0n) is 14.8. The minimum atomic E-state index is -4.38. The lowest BCUT2D eigenvalue weighted by Gasteiger charge is -2.31. The Bertz CT molecular complexity index is 794. The quantitative estimate of drug-likeness (QED) is 0.852. The van der Waals surface area contributed by atoms with Crippen molar-refractivity contribution in [3.8, 4) is 17.0 Å². The second-order valence-corrected chi connectivity index (χ2v) is 6.52. The molecule has 0 aliphatic heterocycles. The molecule has 1 aromatic heterocycles. The molecule has 1 heterocycles. The maximum atomic E-state index is 13.2. The van der Waals surface area contributed by atoms with E-state index in [1.54, 1.807) is 37.4 Å². The molecule has 1 aliphatic carbocycles. The van der Waals surface area contributed by atoms with Gasteiger partial charge in [-0.2, -0.15) is 13.2 Å². The summed E-state index contributed by atoms with van der Waals surface area (Å²) >= 11 is 0. The molecule has 1 aliphatic rings. The van der Waals surface area contributed by atoms with Gasteiger partial charge in [-0.25, -0.2) is 9.97 Å². The van der Waals surface area contributed by atoms with Gasteiger partial charge in [-0.1, -0.05) is 12.8 Å². The minimum absolute atomic E-state index is 0.000170. The average Bonchev–Trinajstić information content (AvgIpc) is 2.67. The highest BCUT2D eigenvalue weighted by atomic mass is 19.4. The largest absolute Gasteiger partial charge is 0.497 e. The van der Waals surface area contributed by atoms with E-state index in [-0.39, 0.29) is 18.8 Å². The zero-order chi connectivity index (χ0) is 19.4. The molecule has 1 amide bonds. The van der Waals surface area contributed by atoms with Gasteiger partial charge in [0.25, 0.3) is 0 Å². The lowest BCUT2D eigenvalue weighted by atomic mass is 9.78. The van der Waals surface area contributed by atoms with Crippen molar-refractivity contribution in [3.63, 3.8) is 0 Å². The molecule has 144 valence electrons. The summed E-state index contributed by atoms with van der Waals surface area (Å²) in [6.45, 7) is 0. The Balaban J connectivity index is 1.76. The zero-order valence-corrected chi connectivity index (χ0v) is 14.8. The number of ether oxygens (including phenoxy) is 1. The maximum absolute atomic E-state index is 13.2. The van der Waals surface area contributed by atoms with Gasteiger partial charge in [0.15, 0.2) is 0 Å². The highest BCUT2D eigenvalue weighted by Gasteiger charge is 2.48. The number of halogens is 3. The number of amides is 1. The van der Waals surface area contributed by atoms with Gasteiger partial charge in [-0.05, 0) is 43.2 Å². The minimum Gasteiger partial charge on any atom is -0.497 e. The fourth-order valence-electron chi connectivity index (χ4n) is 3.38. The lowest BCUT2D eigenvalue weighted by Crippen LogP contribution is -2.40. The Morgan fingerprint density at radius 2 is 1.85 bits per heavy atom. The molecular weight excluding hydrogens is 359 g/mol. The van der Waals surface area contributed by atoms with E-state index in [4.69, 9.17) is 4.74 Å². The molecule has 1 fully saturated rings. The number of nitrogens with one attached hydrogen (secondary N) is 1. The summed E-state index contributed by atoms with van der Waals surface area (Å²) in [5.74, 6) is -2.71. The van der Waals surface area contributed by atoms with Crippen LogP contribution in [-0.4, -0.2) is 29.2 Å². The Hall–Kier alpha value is -2.64. The fourth-order valence-corrected chi connectivity index (χ4v) is 3.38. The number of methoxy groups -OCH3 is 1. The Morgan fingerprint density at radius 3 is 2.52 bits per heavy atom. The molecule has 2 aromatic rings. The van der Waals surface area contributed by atoms with Crippen LogP contribution in [0, 0.1) is 11.8 Å². The molecule has 8 heteroatoms. The topological polar surface area (TPSA) is 64.1 Å². The van der Waals surface area contributed by atoms with Crippen molar-refractivity contribution in [2.24, 2.45) is 11.8 Å². The number of anilines is 1. The van der Waals surface area contributed by atoms with E-state index in [1.807, 2.05) is 0 Å². The van der Waals surface area contributed by atoms with Crippen LogP contribution in [0.4, 0.5) is 19.1 Å². The summed E-state index contributed by atoms with van der Waals surface area (Å²) < 4.78 is 44.8. The van der Waals surface area contributed by atoms with Crippen molar-refractivity contribution in [3.05, 3.63) is 36.5 Å². The Kier molecular flexibility index (Phi) is 5.62. The van der Waals surface area contributed by atoms with Gasteiger partial charge >= 0.3 is 6.18 Å². The molecule has 2 atom stereocenters. The van der Waals surface area contributed by atoms with Gasteiger partial charge in [0, 0.05) is 17.7 Å². The third kappa shape index (κ3) is 4.56. The van der Waals surface area contributed by atoms with Crippen LogP contribution >= 0.6 is 0 Å². The highest BCUT2D eigenvalue weighted by Crippen LogP contribution is 2.41. The van der Waals surface area contributed by atoms with Crippen molar-refractivity contribution < 1.29 is 22.7 Å². The van der Waals surface area contributed by atoms with E-state index in [0.717, 1.165) is 5.56 Å². The predicted molar refractivity (Wildman–Crippen MR) is 94.2 cm³/mol. The number of aromatic nitrogens is 2. The number of rotatable bonds is 4. The standard InChI is InChI=1S/C19H20F3N3O2/c1-27-13-8-6-12(7-9-13)16-10-11-23-18(24-16)25-17(26)14-4-2-3-5-15(14)19(20,21)22/h6-11,14-15H,2-5H2,1H3,(H,23,24,25,26)/t14-,15-/m1/s1. The van der Waals surface area contributed by atoms with Crippen LogP contribution in [0.1, 0.15) is 25.7 Å². The summed E-state index contributed by atoms with van der Waals surface area (Å²) in [6, 6.07) is 8.80. The lowest BCUT2D eigenvalue weighted by molar-refractivity contribution is -0.197. The molecule has 0 unspecified atom stereocenters. The summed E-state index contributed by atoms with van der Waals surface area (Å²) in [6.07, 6.45) is -1.63. The maximum Gasteiger partial charge on any atom is 0.392 e. The van der Waals surface area contributed by atoms with Gasteiger partial charge in [0.2, 0.25) is 11.9 Å². The van der Waals surface area contributed by atoms with Crippen molar-refractivity contribution in [1.29, 1.82) is 0 Å². The molecule has 1 aromatic carbocycles. The second-order valence-electron chi connectivity index (χ2n) is 6.52. The van der Waals surface area contributed by atoms with Crippen LogP contribution in [-0.2, 0) is 4.79 Å². The summed E-state index contributed by atoms with van der Waals surface area (Å²) in [7, 11) is 1.56. The first kappa shape index (κ1) is 19.1. The number of alkyl halides is 3. The second kappa shape index (κ2) is 7.94. The van der Waals surface area contributed by atoms with E-state index in [0.29, 0.717) is 24.3 Å². The first-order valence-corrected chi connectivity index (χ1v) is 8.73. The average molecular weight is 379 g/mol. The van der Waals surface area contributed by atoms with Gasteiger partial charge < -0.3 is 4.74 Å². The van der Waals surface area contributed by atoms with Crippen LogP contribution in [0.5, 0.6) is 5.75 Å². The number of hydrogen-bond acceptors (Lipinski definition) is 4. The molecule has 5 nitrogen and oxygen atoms in total. The molecule has 0 spiro atoms. The number of carbonyl (C=O) groups excluding carboxylic acids is 1. The Labute approximate surface area is 155 Å². The van der Waals surface area contributed by atoms with Crippen molar-refractivity contribution in [1.82, 2.24) is 9.97 Å². The molecular formula is C19H20F3N3O2. The van der Waals surface area contributed by atoms with Crippen LogP contribution in [0.3, 0.4) is 0 Å². The molecule has 3 rings (SSSR count). The molecule has 1 saturated carbocycles. The number of carbonyl (C=O) groups is 1. The fraction of sp³-hybridized carbons (Fsp3) is 0.421. The van der Waals surface area contributed by atoms with Gasteiger partial charge in [-0.15, -0.1) is 0 Å². The van der Waals surface area contributed by atoms with Crippen molar-refractivity contribution in [2.75, 3.05) is 12.4 Å². The molecule has 0 bridgehead atoms. The SMILES string of the molecule is COc1ccc(-c2ccnc(NC(=O)[C@@H]3CCCC[C@H]3C(F)(F)F)n2)cc1. The normalized spacial score (nSPS) is 20.1. The van der Waals surface area contributed by atoms with Crippen LogP contribution in [0.2, 0.25) is 0 Å². The monoisotopic (exact) mass is 379 g/mol. The van der Waals surface area contributed by atoms with Gasteiger partial charge in [0.05, 0.1) is 18.7 Å². The van der Waals surface area contributed by atoms with E-state index in [1.165, 1.54) is 6.20 Å². The smallest absolute Gasteiger partial charge is 0.392 e. The molecule has 1 N–H and O–H groups in total. The summed E-state index contributed by atoms with van der Waals surface area (Å²) in [5.41, 5.74) is 1.33. The van der Waals surface area contributed by atoms with Gasteiger partial charge in [0.1, 0.15) is 5.75 Å². The van der Waals surface area contributed by atoms with Crippen LogP contribution < -0.4 is 10.1 Å². The van der Waals surface area contributed by atoms with Gasteiger partial charge in [-0.3, -0.25) is 10.1 Å². The summed E-state index contributed by atoms with van der Waals surface area (Å²) in [5, 5.41) is 2.46. The van der Waals surface area contributed by atoms with Crippen molar-refractivity contribution in [2.45, 2.75) is 31.9 Å². The van der Waals surface area contributed by atoms with Crippen LogP contribution in [0.15, 0.2) is 36.5 Å². The van der Waals surface area contributed by atoms with E-state index < -0.39 is 23.9 Å². The van der Waals surface area contributed by atoms with E-state index >= 15 is 0 Å². The first-order valence-electron chi connectivity index (χ1n) is 8.73. The predicted octanol–water partition coefficient (Wildman–Crippen LogP) is 4.46. The number of hydrogen-bond donors (Lipinski definition) is 1. The van der Waals surface area contributed by atoms with E-state index in [2.05, 4.69) is 15.3 Å². The molecule has 0 saturated heterocycles. The highest BCUT2D eigenvalue weighted by molar-refractivity contribution is 5.91. The third-order valence-corrected chi connectivity index (χ3v) is 4.80. The number of nitrogens with zero attached hydrogens (tertiary/aromatic N) is 2. The van der Waals surface area contributed by atoms with E-state index in [9.17, 15) is 18.0 Å². The van der Waals surface area contributed by atoms with Crippen molar-refractivity contribution >= 4 is 11.9 Å². The molecule has 27 heavy (non-hydrogen) atoms. The molecule has 0 radical (unpaired) electrons. The Morgan fingerprint density at radius 1 is 1.15 bits per heavy atom. The number of benzene rings is 1.